The van der Waals surface area contributed by atoms with Crippen LogP contribution >= 0.6 is 11.6 Å². The third-order valence-corrected chi connectivity index (χ3v) is 4.91. The van der Waals surface area contributed by atoms with Gasteiger partial charge in [0.25, 0.3) is 5.91 Å². The zero-order chi connectivity index (χ0) is 18.4. The van der Waals surface area contributed by atoms with Gasteiger partial charge in [-0.05, 0) is 48.7 Å². The fourth-order valence-electron chi connectivity index (χ4n) is 3.17. The Hall–Kier alpha value is -2.11. The molecule has 0 unspecified atom stereocenters. The Morgan fingerprint density at radius 2 is 1.96 bits per heavy atom. The molecule has 2 aromatic rings. The molecule has 1 heterocycles. The molecule has 1 N–H and O–H groups in total. The summed E-state index contributed by atoms with van der Waals surface area (Å²) < 4.78 is 24.6. The number of carbonyl (C=O) groups is 1. The van der Waals surface area contributed by atoms with Crippen LogP contribution in [0.5, 0.6) is 5.75 Å². The van der Waals surface area contributed by atoms with Crippen molar-refractivity contribution in [3.63, 3.8) is 0 Å². The molecule has 1 saturated heterocycles. The average Bonchev–Trinajstić information content (AvgIpc) is 2.65. The van der Waals surface area contributed by atoms with Gasteiger partial charge in [-0.2, -0.15) is 0 Å². The number of hydrogen-bond acceptors (Lipinski definition) is 3. The lowest BCUT2D eigenvalue weighted by atomic mass is 9.74. The highest BCUT2D eigenvalue weighted by molar-refractivity contribution is 6.30. The molecule has 0 spiro atoms. The van der Waals surface area contributed by atoms with Gasteiger partial charge in [-0.1, -0.05) is 29.8 Å². The van der Waals surface area contributed by atoms with Crippen LogP contribution in [-0.4, -0.2) is 32.3 Å². The van der Waals surface area contributed by atoms with Gasteiger partial charge in [0, 0.05) is 30.2 Å². The van der Waals surface area contributed by atoms with Gasteiger partial charge in [0.15, 0.2) is 6.61 Å². The van der Waals surface area contributed by atoms with Gasteiger partial charge in [0.05, 0.1) is 0 Å². The van der Waals surface area contributed by atoms with E-state index in [-0.39, 0.29) is 23.7 Å². The van der Waals surface area contributed by atoms with E-state index >= 15 is 0 Å². The molecule has 1 amide bonds. The molecule has 4 nitrogen and oxygen atoms in total. The molecule has 1 aliphatic heterocycles. The Bertz CT molecular complexity index is 762. The van der Waals surface area contributed by atoms with E-state index in [0.29, 0.717) is 30.5 Å². The minimum Gasteiger partial charge on any atom is -0.484 e. The molecule has 0 aromatic heterocycles. The summed E-state index contributed by atoms with van der Waals surface area (Å²) in [5, 5.41) is 3.47. The first kappa shape index (κ1) is 18.7. The second-order valence-corrected chi connectivity index (χ2v) is 6.86. The Morgan fingerprint density at radius 3 is 2.69 bits per heavy atom. The smallest absolute Gasteiger partial charge is 0.257 e. The second-order valence-electron chi connectivity index (χ2n) is 6.43. The fraction of sp³-hybridized carbons (Fsp3) is 0.350. The number of benzene rings is 2. The lowest BCUT2D eigenvalue weighted by Crippen LogP contribution is -2.45. The lowest BCUT2D eigenvalue weighted by Gasteiger charge is -2.38. The Balaban J connectivity index is 1.61. The number of halogens is 2. The predicted molar refractivity (Wildman–Crippen MR) is 98.1 cm³/mol. The molecular formula is C20H21ClFNO3. The summed E-state index contributed by atoms with van der Waals surface area (Å²) in [6.07, 6.45) is 1.46. The molecule has 0 atom stereocenters. The quantitative estimate of drug-likeness (QED) is 0.834. The maximum atomic E-state index is 13.7. The van der Waals surface area contributed by atoms with E-state index in [2.05, 4.69) is 5.32 Å². The lowest BCUT2D eigenvalue weighted by molar-refractivity contribution is -0.123. The van der Waals surface area contributed by atoms with Crippen LogP contribution in [0.1, 0.15) is 18.4 Å². The number of ether oxygens (including phenoxy) is 2. The van der Waals surface area contributed by atoms with Crippen molar-refractivity contribution in [3.8, 4) is 5.75 Å². The van der Waals surface area contributed by atoms with Crippen LogP contribution < -0.4 is 10.1 Å². The SMILES string of the molecule is O=C(COc1cccc(Cl)c1)NCC1(c2cccc(F)c2)CCOCC1. The normalized spacial score (nSPS) is 16.1. The first-order valence-corrected chi connectivity index (χ1v) is 8.94. The van der Waals surface area contributed by atoms with Crippen molar-refractivity contribution >= 4 is 17.5 Å². The van der Waals surface area contributed by atoms with Crippen molar-refractivity contribution < 1.29 is 18.7 Å². The van der Waals surface area contributed by atoms with Crippen LogP contribution in [0.3, 0.4) is 0 Å². The first-order valence-electron chi connectivity index (χ1n) is 8.56. The molecule has 0 saturated carbocycles. The summed E-state index contributed by atoms with van der Waals surface area (Å²) in [7, 11) is 0. The molecule has 6 heteroatoms. The highest BCUT2D eigenvalue weighted by atomic mass is 35.5. The van der Waals surface area contributed by atoms with Crippen molar-refractivity contribution in [3.05, 3.63) is 64.9 Å². The van der Waals surface area contributed by atoms with Gasteiger partial charge >= 0.3 is 0 Å². The van der Waals surface area contributed by atoms with Gasteiger partial charge in [0.1, 0.15) is 11.6 Å². The van der Waals surface area contributed by atoms with E-state index in [9.17, 15) is 9.18 Å². The molecule has 0 bridgehead atoms. The summed E-state index contributed by atoms with van der Waals surface area (Å²) in [5.41, 5.74) is 0.559. The van der Waals surface area contributed by atoms with E-state index in [1.807, 2.05) is 6.07 Å². The Labute approximate surface area is 157 Å². The van der Waals surface area contributed by atoms with Gasteiger partial charge in [-0.3, -0.25) is 4.79 Å². The molecule has 1 aliphatic rings. The highest BCUT2D eigenvalue weighted by Crippen LogP contribution is 2.34. The van der Waals surface area contributed by atoms with E-state index in [0.717, 1.165) is 18.4 Å². The molecule has 0 aliphatic carbocycles. The van der Waals surface area contributed by atoms with Crippen molar-refractivity contribution in [1.82, 2.24) is 5.32 Å². The third-order valence-electron chi connectivity index (χ3n) is 4.68. The standard InChI is InChI=1S/C20H21ClFNO3/c21-16-4-2-6-18(12-16)26-13-19(24)23-14-20(7-9-25-10-8-20)15-3-1-5-17(22)11-15/h1-6,11-12H,7-10,13-14H2,(H,23,24). The van der Waals surface area contributed by atoms with Crippen LogP contribution in [0.2, 0.25) is 5.02 Å². The highest BCUT2D eigenvalue weighted by Gasteiger charge is 2.35. The molecule has 2 aromatic carbocycles. The zero-order valence-corrected chi connectivity index (χ0v) is 15.1. The number of carbonyl (C=O) groups excluding carboxylic acids is 1. The largest absolute Gasteiger partial charge is 0.484 e. The van der Waals surface area contributed by atoms with E-state index in [4.69, 9.17) is 21.1 Å². The number of hydrogen-bond donors (Lipinski definition) is 1. The molecule has 1 fully saturated rings. The summed E-state index contributed by atoms with van der Waals surface area (Å²) in [4.78, 5) is 12.2. The molecule has 138 valence electrons. The fourth-order valence-corrected chi connectivity index (χ4v) is 3.35. The van der Waals surface area contributed by atoms with E-state index in [1.165, 1.54) is 6.07 Å². The number of rotatable bonds is 6. The molecule has 3 rings (SSSR count). The van der Waals surface area contributed by atoms with Crippen LogP contribution in [0, 0.1) is 5.82 Å². The van der Waals surface area contributed by atoms with Crippen molar-refractivity contribution in [2.75, 3.05) is 26.4 Å². The van der Waals surface area contributed by atoms with Gasteiger partial charge < -0.3 is 14.8 Å². The summed E-state index contributed by atoms with van der Waals surface area (Å²) >= 11 is 5.90. The predicted octanol–water partition coefficient (Wildman–Crippen LogP) is 3.72. The minimum atomic E-state index is -0.327. The van der Waals surface area contributed by atoms with Gasteiger partial charge in [-0.15, -0.1) is 0 Å². The number of nitrogens with one attached hydrogen (secondary N) is 1. The minimum absolute atomic E-state index is 0.101. The summed E-state index contributed by atoms with van der Waals surface area (Å²) in [6.45, 7) is 1.49. The van der Waals surface area contributed by atoms with Crippen molar-refractivity contribution in [2.45, 2.75) is 18.3 Å². The topological polar surface area (TPSA) is 47.6 Å². The molecule has 26 heavy (non-hydrogen) atoms. The van der Waals surface area contributed by atoms with Crippen molar-refractivity contribution in [1.29, 1.82) is 0 Å². The third kappa shape index (κ3) is 4.74. The Morgan fingerprint density at radius 1 is 1.19 bits per heavy atom. The van der Waals surface area contributed by atoms with Crippen LogP contribution in [0.4, 0.5) is 4.39 Å². The second kappa shape index (κ2) is 8.52. The summed E-state index contributed by atoms with van der Waals surface area (Å²) in [5.74, 6) is 0.0368. The zero-order valence-electron chi connectivity index (χ0n) is 14.3. The monoisotopic (exact) mass is 377 g/mol. The number of amides is 1. The molecular weight excluding hydrogens is 357 g/mol. The van der Waals surface area contributed by atoms with Crippen molar-refractivity contribution in [2.24, 2.45) is 0 Å². The van der Waals surface area contributed by atoms with E-state index < -0.39 is 0 Å². The van der Waals surface area contributed by atoms with Crippen LogP contribution in [-0.2, 0) is 14.9 Å². The Kier molecular flexibility index (Phi) is 6.12. The average molecular weight is 378 g/mol. The maximum absolute atomic E-state index is 13.7. The maximum Gasteiger partial charge on any atom is 0.257 e. The van der Waals surface area contributed by atoms with Gasteiger partial charge in [0.2, 0.25) is 0 Å². The van der Waals surface area contributed by atoms with Crippen LogP contribution in [0.25, 0.3) is 0 Å². The molecule has 0 radical (unpaired) electrons. The first-order chi connectivity index (χ1) is 12.6. The summed E-state index contributed by atoms with van der Waals surface area (Å²) in [6, 6.07) is 13.5. The van der Waals surface area contributed by atoms with Gasteiger partial charge in [-0.25, -0.2) is 4.39 Å². The van der Waals surface area contributed by atoms with Crippen LogP contribution in [0.15, 0.2) is 48.5 Å². The van der Waals surface area contributed by atoms with E-state index in [1.54, 1.807) is 36.4 Å².